The summed E-state index contributed by atoms with van der Waals surface area (Å²) in [6.07, 6.45) is 6.87. The smallest absolute Gasteiger partial charge is 0.272 e. The van der Waals surface area contributed by atoms with Gasteiger partial charge in [-0.25, -0.2) is 0 Å². The molecule has 0 fully saturated rings. The van der Waals surface area contributed by atoms with Crippen LogP contribution in [-0.4, -0.2) is 25.9 Å². The summed E-state index contributed by atoms with van der Waals surface area (Å²) in [6, 6.07) is 1.88. The number of fused-ring (bicyclic) bond motifs is 1. The van der Waals surface area contributed by atoms with Crippen molar-refractivity contribution >= 4 is 5.91 Å². The number of carbonyl (C=O) groups is 1. The predicted octanol–water partition coefficient (Wildman–Crippen LogP) is 1.90. The van der Waals surface area contributed by atoms with E-state index >= 15 is 0 Å². The van der Waals surface area contributed by atoms with Gasteiger partial charge in [0.1, 0.15) is 5.69 Å². The van der Waals surface area contributed by atoms with E-state index in [2.05, 4.69) is 27.5 Å². The van der Waals surface area contributed by atoms with Crippen molar-refractivity contribution in [2.45, 2.75) is 45.1 Å². The van der Waals surface area contributed by atoms with Crippen LogP contribution >= 0.6 is 0 Å². The first-order valence-electron chi connectivity index (χ1n) is 7.55. The van der Waals surface area contributed by atoms with Gasteiger partial charge in [-0.1, -0.05) is 13.3 Å². The number of H-pyrrole nitrogens is 1. The molecule has 0 spiro atoms. The van der Waals surface area contributed by atoms with Gasteiger partial charge in [0.05, 0.1) is 12.2 Å². The predicted molar refractivity (Wildman–Crippen MR) is 78.9 cm³/mol. The molecule has 6 nitrogen and oxygen atoms in total. The molecule has 0 bridgehead atoms. The molecule has 2 N–H and O–H groups in total. The molecule has 0 aliphatic heterocycles. The Morgan fingerprint density at radius 1 is 1.57 bits per heavy atom. The van der Waals surface area contributed by atoms with Crippen molar-refractivity contribution in [1.82, 2.24) is 25.3 Å². The zero-order valence-corrected chi connectivity index (χ0v) is 12.5. The fourth-order valence-corrected chi connectivity index (χ4v) is 2.96. The van der Waals surface area contributed by atoms with Crippen LogP contribution < -0.4 is 5.32 Å². The van der Waals surface area contributed by atoms with Crippen LogP contribution in [-0.2, 0) is 19.9 Å². The highest BCUT2D eigenvalue weighted by Gasteiger charge is 2.25. The van der Waals surface area contributed by atoms with Crippen molar-refractivity contribution in [3.63, 3.8) is 0 Å². The Morgan fingerprint density at radius 2 is 2.43 bits per heavy atom. The van der Waals surface area contributed by atoms with Crippen LogP contribution in [0.25, 0.3) is 0 Å². The largest absolute Gasteiger partial charge is 0.344 e. The van der Waals surface area contributed by atoms with Crippen LogP contribution in [0.2, 0.25) is 0 Å². The topological polar surface area (TPSA) is 75.6 Å². The fourth-order valence-electron chi connectivity index (χ4n) is 2.96. The Morgan fingerprint density at radius 3 is 3.24 bits per heavy atom. The number of hydrogen-bond donors (Lipinski definition) is 2. The van der Waals surface area contributed by atoms with Crippen LogP contribution in [0.5, 0.6) is 0 Å². The van der Waals surface area contributed by atoms with Crippen molar-refractivity contribution in [3.05, 3.63) is 34.9 Å². The summed E-state index contributed by atoms with van der Waals surface area (Å²) < 4.78 is 1.90. The average Bonchev–Trinajstić information content (AvgIpc) is 3.08. The Kier molecular flexibility index (Phi) is 3.77. The Hall–Kier alpha value is -2.11. The summed E-state index contributed by atoms with van der Waals surface area (Å²) in [5.74, 6) is -0.115. The monoisotopic (exact) mass is 287 g/mol. The molecule has 0 saturated heterocycles. The normalized spacial score (nSPS) is 17.5. The zero-order valence-electron chi connectivity index (χ0n) is 12.5. The van der Waals surface area contributed by atoms with Gasteiger partial charge in [0.2, 0.25) is 0 Å². The van der Waals surface area contributed by atoms with E-state index in [0.29, 0.717) is 5.69 Å². The van der Waals surface area contributed by atoms with Crippen molar-refractivity contribution < 1.29 is 4.79 Å². The highest BCUT2D eigenvalue weighted by molar-refractivity contribution is 5.92. The number of nitrogens with one attached hydrogen (secondary N) is 2. The van der Waals surface area contributed by atoms with Gasteiger partial charge in [-0.2, -0.15) is 10.2 Å². The number of carbonyl (C=O) groups excluding carboxylic acids is 1. The van der Waals surface area contributed by atoms with Gasteiger partial charge in [-0.05, 0) is 31.7 Å². The third-order valence-corrected chi connectivity index (χ3v) is 4.06. The van der Waals surface area contributed by atoms with E-state index < -0.39 is 0 Å². The van der Waals surface area contributed by atoms with E-state index in [9.17, 15) is 4.79 Å². The van der Waals surface area contributed by atoms with Crippen LogP contribution in [0.4, 0.5) is 0 Å². The number of aromatic nitrogens is 4. The van der Waals surface area contributed by atoms with Crippen molar-refractivity contribution in [2.24, 2.45) is 7.05 Å². The molecule has 0 saturated carbocycles. The maximum atomic E-state index is 12.3. The third kappa shape index (κ3) is 2.70. The highest BCUT2D eigenvalue weighted by Crippen LogP contribution is 2.29. The number of aryl methyl sites for hydroxylation is 2. The van der Waals surface area contributed by atoms with Crippen LogP contribution in [0.15, 0.2) is 12.3 Å². The molecule has 0 radical (unpaired) electrons. The molecular formula is C15H21N5O. The third-order valence-electron chi connectivity index (χ3n) is 4.06. The molecule has 2 aromatic heterocycles. The molecule has 1 aliphatic carbocycles. The minimum Gasteiger partial charge on any atom is -0.344 e. The van der Waals surface area contributed by atoms with Gasteiger partial charge in [0.25, 0.3) is 5.91 Å². The maximum Gasteiger partial charge on any atom is 0.272 e. The number of nitrogens with zero attached hydrogens (tertiary/aromatic N) is 3. The summed E-state index contributed by atoms with van der Waals surface area (Å²) in [6.45, 7) is 2.10. The van der Waals surface area contributed by atoms with Gasteiger partial charge < -0.3 is 5.32 Å². The van der Waals surface area contributed by atoms with E-state index in [1.165, 1.54) is 5.69 Å². The number of hydrogen-bond acceptors (Lipinski definition) is 3. The Labute approximate surface area is 123 Å². The first-order valence-corrected chi connectivity index (χ1v) is 7.55. The van der Waals surface area contributed by atoms with Crippen molar-refractivity contribution in [1.29, 1.82) is 0 Å². The summed E-state index contributed by atoms with van der Waals surface area (Å²) in [7, 11) is 1.95. The van der Waals surface area contributed by atoms with Gasteiger partial charge in [-0.3, -0.25) is 14.6 Å². The molecule has 112 valence electrons. The molecule has 1 amide bonds. The lowest BCUT2D eigenvalue weighted by Gasteiger charge is -2.23. The van der Waals surface area contributed by atoms with Crippen LogP contribution in [0.1, 0.15) is 59.7 Å². The molecule has 6 heteroatoms. The van der Waals surface area contributed by atoms with Gasteiger partial charge in [0.15, 0.2) is 0 Å². The number of amides is 1. The lowest BCUT2D eigenvalue weighted by molar-refractivity contribution is 0.0927. The average molecular weight is 287 g/mol. The van der Waals surface area contributed by atoms with E-state index in [1.54, 1.807) is 0 Å². The molecule has 1 unspecified atom stereocenters. The lowest BCUT2D eigenvalue weighted by Crippen LogP contribution is -2.31. The second-order valence-electron chi connectivity index (χ2n) is 5.62. The van der Waals surface area contributed by atoms with Gasteiger partial charge >= 0.3 is 0 Å². The van der Waals surface area contributed by atoms with E-state index in [4.69, 9.17) is 0 Å². The van der Waals surface area contributed by atoms with Gasteiger partial charge in [-0.15, -0.1) is 0 Å². The van der Waals surface area contributed by atoms with Crippen LogP contribution in [0, 0.1) is 0 Å². The van der Waals surface area contributed by atoms with E-state index in [-0.39, 0.29) is 11.9 Å². The van der Waals surface area contributed by atoms with Crippen molar-refractivity contribution in [3.8, 4) is 0 Å². The summed E-state index contributed by atoms with van der Waals surface area (Å²) in [5, 5.41) is 14.4. The minimum absolute atomic E-state index is 0.0428. The zero-order chi connectivity index (χ0) is 14.8. The molecule has 0 aromatic carbocycles. The molecule has 2 aromatic rings. The summed E-state index contributed by atoms with van der Waals surface area (Å²) in [4.78, 5) is 12.3. The molecule has 21 heavy (non-hydrogen) atoms. The number of rotatable bonds is 4. The SMILES string of the molecule is CCCc1cc(C(=O)NC2CCCc3c2cnn3C)n[nH]1. The second kappa shape index (κ2) is 5.71. The molecular weight excluding hydrogens is 266 g/mol. The molecule has 1 aliphatic rings. The summed E-state index contributed by atoms with van der Waals surface area (Å²) >= 11 is 0. The number of aromatic amines is 1. The highest BCUT2D eigenvalue weighted by atomic mass is 16.2. The second-order valence-corrected chi connectivity index (χ2v) is 5.62. The Bertz CT molecular complexity index is 642. The first-order chi connectivity index (χ1) is 10.2. The van der Waals surface area contributed by atoms with E-state index in [0.717, 1.165) is 43.4 Å². The first kappa shape index (κ1) is 13.9. The molecule has 3 rings (SSSR count). The molecule has 2 heterocycles. The van der Waals surface area contributed by atoms with E-state index in [1.807, 2.05) is 24.0 Å². The standard InChI is InChI=1S/C15H21N5O/c1-3-5-10-8-13(19-18-10)15(21)17-12-6-4-7-14-11(12)9-16-20(14)2/h8-9,12H,3-7H2,1-2H3,(H,17,21)(H,18,19). The Balaban J connectivity index is 1.73. The fraction of sp³-hybridized carbons (Fsp3) is 0.533. The quantitative estimate of drug-likeness (QED) is 0.902. The lowest BCUT2D eigenvalue weighted by atomic mass is 9.93. The minimum atomic E-state index is -0.115. The van der Waals surface area contributed by atoms with Gasteiger partial charge in [0, 0.05) is 24.0 Å². The van der Waals surface area contributed by atoms with Crippen LogP contribution in [0.3, 0.4) is 0 Å². The maximum absolute atomic E-state index is 12.3. The summed E-state index contributed by atoms with van der Waals surface area (Å²) in [5.41, 5.74) is 3.84. The molecule has 1 atom stereocenters. The van der Waals surface area contributed by atoms with Crippen molar-refractivity contribution in [2.75, 3.05) is 0 Å².